The molecule has 4 aliphatic rings. The van der Waals surface area contributed by atoms with Gasteiger partial charge in [-0.15, -0.1) is 0 Å². The highest BCUT2D eigenvalue weighted by Crippen LogP contribution is 2.33. The number of benzene rings is 1. The molecule has 1 N–H and O–H groups in total. The molecule has 31 heavy (non-hydrogen) atoms. The monoisotopic (exact) mass is 430 g/mol. The number of hydrogen-bond acceptors (Lipinski definition) is 6. The Morgan fingerprint density at radius 3 is 2.48 bits per heavy atom. The van der Waals surface area contributed by atoms with Crippen LogP contribution in [0.5, 0.6) is 0 Å². The largest absolute Gasteiger partial charge is 0.380 e. The van der Waals surface area contributed by atoms with Crippen LogP contribution in [0.1, 0.15) is 28.8 Å². The molecule has 4 aliphatic heterocycles. The summed E-state index contributed by atoms with van der Waals surface area (Å²) < 4.78 is 20.0. The molecule has 3 fully saturated rings. The minimum absolute atomic E-state index is 0.0624. The maximum Gasteiger partial charge on any atom is 0.255 e. The van der Waals surface area contributed by atoms with Crippen LogP contribution >= 0.6 is 0 Å². The number of ether oxygens (including phenoxy) is 1. The number of anilines is 1. The Balaban J connectivity index is 1.29. The van der Waals surface area contributed by atoms with E-state index in [-0.39, 0.29) is 42.7 Å². The minimum Gasteiger partial charge on any atom is -0.380 e. The molecule has 0 spiro atoms. The van der Waals surface area contributed by atoms with Crippen molar-refractivity contribution in [3.8, 4) is 0 Å². The number of halogens is 1. The molecule has 10 heteroatoms. The van der Waals surface area contributed by atoms with E-state index >= 15 is 0 Å². The quantitative estimate of drug-likeness (QED) is 0.672. The normalized spacial score (nSPS) is 24.2. The van der Waals surface area contributed by atoms with Gasteiger partial charge in [-0.25, -0.2) is 4.39 Å². The first-order valence-corrected chi connectivity index (χ1v) is 10.5. The Kier molecular flexibility index (Phi) is 4.88. The number of rotatable bonds is 3. The number of piperidine rings is 1. The summed E-state index contributed by atoms with van der Waals surface area (Å²) >= 11 is 0. The van der Waals surface area contributed by atoms with Crippen LogP contribution < -0.4 is 10.2 Å². The van der Waals surface area contributed by atoms with E-state index in [4.69, 9.17) is 4.74 Å². The standard InChI is InChI=1S/C21H23FN4O5/c22-15-8-14-12(9-26(21(14)30)16-1-2-18(27)23-19(16)28)7-17(15)24-3-5-25(6-4-24)20(29)13-10-31-11-13/h7-8,13,16H,1-6,9-11H2,(H,23,27,28). The van der Waals surface area contributed by atoms with Crippen molar-refractivity contribution in [3.63, 3.8) is 0 Å². The number of piperazine rings is 1. The maximum atomic E-state index is 14.9. The topological polar surface area (TPSA) is 99.3 Å². The van der Waals surface area contributed by atoms with E-state index in [0.717, 1.165) is 0 Å². The van der Waals surface area contributed by atoms with Crippen LogP contribution in [0.3, 0.4) is 0 Å². The van der Waals surface area contributed by atoms with Gasteiger partial charge < -0.3 is 19.4 Å². The Morgan fingerprint density at radius 2 is 1.84 bits per heavy atom. The van der Waals surface area contributed by atoms with E-state index in [1.807, 2.05) is 4.90 Å². The van der Waals surface area contributed by atoms with Gasteiger partial charge in [0, 0.05) is 44.7 Å². The number of amides is 4. The molecule has 0 bridgehead atoms. The van der Waals surface area contributed by atoms with Crippen LogP contribution in [0.15, 0.2) is 12.1 Å². The SMILES string of the molecule is O=C1CCC(N2Cc3cc(N4CCN(C(=O)C5COC5)CC4)c(F)cc3C2=O)C(=O)N1. The van der Waals surface area contributed by atoms with Crippen LogP contribution in [0.2, 0.25) is 0 Å². The van der Waals surface area contributed by atoms with Crippen molar-refractivity contribution in [1.82, 2.24) is 15.1 Å². The van der Waals surface area contributed by atoms with Crippen molar-refractivity contribution < 1.29 is 28.3 Å². The van der Waals surface area contributed by atoms with Crippen molar-refractivity contribution >= 4 is 29.3 Å². The number of hydrogen-bond donors (Lipinski definition) is 1. The van der Waals surface area contributed by atoms with Crippen LogP contribution in [0.4, 0.5) is 10.1 Å². The van der Waals surface area contributed by atoms with Crippen molar-refractivity contribution in [2.45, 2.75) is 25.4 Å². The molecule has 1 aromatic rings. The van der Waals surface area contributed by atoms with E-state index in [1.165, 1.54) is 11.0 Å². The highest BCUT2D eigenvalue weighted by molar-refractivity contribution is 6.05. The lowest BCUT2D eigenvalue weighted by Crippen LogP contribution is -2.53. The van der Waals surface area contributed by atoms with E-state index in [9.17, 15) is 23.6 Å². The second-order valence-corrected chi connectivity index (χ2v) is 8.41. The van der Waals surface area contributed by atoms with Crippen LogP contribution in [0, 0.1) is 11.7 Å². The molecule has 5 rings (SSSR count). The van der Waals surface area contributed by atoms with Crippen molar-refractivity contribution in [1.29, 1.82) is 0 Å². The molecule has 3 saturated heterocycles. The van der Waals surface area contributed by atoms with Gasteiger partial charge in [0.1, 0.15) is 11.9 Å². The predicted molar refractivity (Wildman–Crippen MR) is 106 cm³/mol. The van der Waals surface area contributed by atoms with E-state index < -0.39 is 23.7 Å². The molecule has 4 heterocycles. The maximum absolute atomic E-state index is 14.9. The summed E-state index contributed by atoms with van der Waals surface area (Å²) in [6.07, 6.45) is 0.438. The van der Waals surface area contributed by atoms with E-state index in [0.29, 0.717) is 50.6 Å². The van der Waals surface area contributed by atoms with Gasteiger partial charge in [-0.3, -0.25) is 24.5 Å². The molecule has 164 valence electrons. The third-order valence-electron chi connectivity index (χ3n) is 6.51. The molecule has 1 unspecified atom stereocenters. The summed E-state index contributed by atoms with van der Waals surface area (Å²) in [6.45, 7) is 3.15. The first-order chi connectivity index (χ1) is 14.9. The molecule has 0 saturated carbocycles. The lowest BCUT2D eigenvalue weighted by molar-refractivity contribution is -0.150. The van der Waals surface area contributed by atoms with Crippen LogP contribution in [-0.2, 0) is 25.7 Å². The molecule has 0 radical (unpaired) electrons. The summed E-state index contributed by atoms with van der Waals surface area (Å²) in [4.78, 5) is 53.8. The average molecular weight is 430 g/mol. The summed E-state index contributed by atoms with van der Waals surface area (Å²) in [5, 5.41) is 2.26. The molecule has 0 aromatic heterocycles. The first-order valence-electron chi connectivity index (χ1n) is 10.5. The lowest BCUT2D eigenvalue weighted by atomic mass is 10.0. The zero-order chi connectivity index (χ0) is 21.7. The van der Waals surface area contributed by atoms with Gasteiger partial charge in [0.15, 0.2) is 0 Å². The number of carbonyl (C=O) groups is 4. The van der Waals surface area contributed by atoms with E-state index in [2.05, 4.69) is 5.32 Å². The molecule has 1 atom stereocenters. The third-order valence-corrected chi connectivity index (χ3v) is 6.51. The molecular weight excluding hydrogens is 407 g/mol. The fourth-order valence-corrected chi connectivity index (χ4v) is 4.62. The van der Waals surface area contributed by atoms with Crippen LogP contribution in [-0.4, -0.2) is 78.9 Å². The molecular formula is C21H23FN4O5. The highest BCUT2D eigenvalue weighted by Gasteiger charge is 2.40. The molecule has 4 amide bonds. The molecule has 1 aromatic carbocycles. The van der Waals surface area contributed by atoms with Gasteiger partial charge in [0.25, 0.3) is 5.91 Å². The molecule has 9 nitrogen and oxygen atoms in total. The van der Waals surface area contributed by atoms with Crippen LogP contribution in [0.25, 0.3) is 0 Å². The summed E-state index contributed by atoms with van der Waals surface area (Å²) in [5.41, 5.74) is 1.32. The van der Waals surface area contributed by atoms with Gasteiger partial charge in [-0.05, 0) is 24.1 Å². The second-order valence-electron chi connectivity index (χ2n) is 8.41. The molecule has 0 aliphatic carbocycles. The van der Waals surface area contributed by atoms with Gasteiger partial charge >= 0.3 is 0 Å². The second kappa shape index (κ2) is 7.60. The first kappa shape index (κ1) is 19.9. The summed E-state index contributed by atoms with van der Waals surface area (Å²) in [7, 11) is 0. The fraction of sp³-hybridized carbons (Fsp3) is 0.524. The Labute approximate surface area is 178 Å². The Bertz CT molecular complexity index is 971. The Morgan fingerprint density at radius 1 is 1.10 bits per heavy atom. The van der Waals surface area contributed by atoms with Gasteiger partial charge in [0.2, 0.25) is 17.7 Å². The average Bonchev–Trinajstić information content (AvgIpc) is 3.02. The minimum atomic E-state index is -0.728. The van der Waals surface area contributed by atoms with Crippen molar-refractivity contribution in [2.75, 3.05) is 44.3 Å². The number of carbonyl (C=O) groups excluding carboxylic acids is 4. The lowest BCUT2D eigenvalue weighted by Gasteiger charge is -2.39. The van der Waals surface area contributed by atoms with Crippen molar-refractivity contribution in [3.05, 3.63) is 29.1 Å². The van der Waals surface area contributed by atoms with Gasteiger partial charge in [0.05, 0.1) is 24.8 Å². The third kappa shape index (κ3) is 3.44. The van der Waals surface area contributed by atoms with Crippen molar-refractivity contribution in [2.24, 2.45) is 5.92 Å². The zero-order valence-electron chi connectivity index (χ0n) is 16.9. The summed E-state index contributed by atoms with van der Waals surface area (Å²) in [5.74, 6) is -1.70. The smallest absolute Gasteiger partial charge is 0.255 e. The fourth-order valence-electron chi connectivity index (χ4n) is 4.62. The zero-order valence-corrected chi connectivity index (χ0v) is 16.9. The van der Waals surface area contributed by atoms with E-state index in [1.54, 1.807) is 11.0 Å². The van der Waals surface area contributed by atoms with Gasteiger partial charge in [-0.1, -0.05) is 0 Å². The Hall–Kier alpha value is -3.01. The number of nitrogens with one attached hydrogen (secondary N) is 1. The number of imide groups is 1. The summed E-state index contributed by atoms with van der Waals surface area (Å²) in [6, 6.07) is 2.18. The predicted octanol–water partition coefficient (Wildman–Crippen LogP) is -0.118. The number of nitrogens with zero attached hydrogens (tertiary/aromatic N) is 3. The number of fused-ring (bicyclic) bond motifs is 1. The van der Waals surface area contributed by atoms with Gasteiger partial charge in [-0.2, -0.15) is 0 Å². The highest BCUT2D eigenvalue weighted by atomic mass is 19.1.